The van der Waals surface area contributed by atoms with Gasteiger partial charge in [0.25, 0.3) is 0 Å². The Morgan fingerprint density at radius 3 is 2.64 bits per heavy atom. The van der Waals surface area contributed by atoms with Crippen molar-refractivity contribution in [3.05, 3.63) is 65.0 Å². The fourth-order valence-electron chi connectivity index (χ4n) is 2.47. The number of aliphatic hydroxyl groups excluding tert-OH is 2. The molecular formula is C19H24N2O4. The first kappa shape index (κ1) is 18.9. The minimum absolute atomic E-state index is 0.185. The van der Waals surface area contributed by atoms with Crippen LogP contribution in [-0.4, -0.2) is 33.9 Å². The van der Waals surface area contributed by atoms with E-state index in [0.29, 0.717) is 5.69 Å². The Balaban J connectivity index is 1.74. The summed E-state index contributed by atoms with van der Waals surface area (Å²) in [6.45, 7) is 4.13. The van der Waals surface area contributed by atoms with E-state index in [1.54, 1.807) is 6.20 Å². The quantitative estimate of drug-likeness (QED) is 0.717. The molecule has 0 aliphatic rings. The third-order valence-electron chi connectivity index (χ3n) is 3.82. The van der Waals surface area contributed by atoms with Crippen molar-refractivity contribution >= 4 is 6.09 Å². The molecule has 6 heteroatoms. The van der Waals surface area contributed by atoms with Crippen molar-refractivity contribution in [2.24, 2.45) is 0 Å². The molecule has 2 rings (SSSR count). The molecule has 1 heterocycles. The number of aryl methyl sites for hydroxylation is 2. The first-order valence-electron chi connectivity index (χ1n) is 8.21. The van der Waals surface area contributed by atoms with Crippen LogP contribution in [0.5, 0.6) is 0 Å². The largest absolute Gasteiger partial charge is 0.445 e. The van der Waals surface area contributed by atoms with Gasteiger partial charge < -0.3 is 20.3 Å². The minimum atomic E-state index is -1.09. The number of carbonyl (C=O) groups is 1. The molecule has 0 aliphatic heterocycles. The molecule has 0 saturated heterocycles. The van der Waals surface area contributed by atoms with Crippen LogP contribution in [0.15, 0.2) is 42.6 Å². The summed E-state index contributed by atoms with van der Waals surface area (Å²) in [6, 6.07) is 11.3. The molecule has 0 bridgehead atoms. The molecule has 6 nitrogen and oxygen atoms in total. The summed E-state index contributed by atoms with van der Waals surface area (Å²) >= 11 is 0. The van der Waals surface area contributed by atoms with Gasteiger partial charge in [0.05, 0.1) is 11.8 Å². The Hall–Kier alpha value is -2.44. The summed E-state index contributed by atoms with van der Waals surface area (Å²) in [5, 5.41) is 22.9. The van der Waals surface area contributed by atoms with Gasteiger partial charge in [0.2, 0.25) is 0 Å². The van der Waals surface area contributed by atoms with Gasteiger partial charge >= 0.3 is 6.09 Å². The van der Waals surface area contributed by atoms with Gasteiger partial charge in [-0.15, -0.1) is 0 Å². The first-order valence-corrected chi connectivity index (χ1v) is 8.21. The predicted molar refractivity (Wildman–Crippen MR) is 93.9 cm³/mol. The van der Waals surface area contributed by atoms with Crippen LogP contribution >= 0.6 is 0 Å². The number of rotatable bonds is 7. The molecule has 3 N–H and O–H groups in total. The van der Waals surface area contributed by atoms with Gasteiger partial charge in [-0.25, -0.2) is 4.79 Å². The summed E-state index contributed by atoms with van der Waals surface area (Å²) in [4.78, 5) is 15.8. The topological polar surface area (TPSA) is 91.7 Å². The number of nitrogens with zero attached hydrogens (tertiary/aromatic N) is 1. The van der Waals surface area contributed by atoms with Gasteiger partial charge in [0.15, 0.2) is 0 Å². The van der Waals surface area contributed by atoms with Crippen LogP contribution in [0.3, 0.4) is 0 Å². The first-order chi connectivity index (χ1) is 12.0. The molecule has 1 aromatic carbocycles. The van der Waals surface area contributed by atoms with E-state index in [2.05, 4.69) is 10.3 Å². The van der Waals surface area contributed by atoms with Crippen LogP contribution in [0.1, 0.15) is 34.9 Å². The molecule has 0 fully saturated rings. The van der Waals surface area contributed by atoms with Gasteiger partial charge in [0.1, 0.15) is 12.7 Å². The van der Waals surface area contributed by atoms with Gasteiger partial charge in [-0.3, -0.25) is 4.98 Å². The highest BCUT2D eigenvalue weighted by molar-refractivity contribution is 5.67. The second-order valence-electron chi connectivity index (χ2n) is 6.00. The normalized spacial score (nSPS) is 13.1. The van der Waals surface area contributed by atoms with Crippen molar-refractivity contribution in [2.75, 3.05) is 6.54 Å². The summed E-state index contributed by atoms with van der Waals surface area (Å²) in [6.07, 6.45) is -0.838. The fourth-order valence-corrected chi connectivity index (χ4v) is 2.47. The van der Waals surface area contributed by atoms with Crippen molar-refractivity contribution < 1.29 is 19.7 Å². The van der Waals surface area contributed by atoms with E-state index in [1.165, 1.54) is 0 Å². The van der Waals surface area contributed by atoms with Crippen LogP contribution in [0.2, 0.25) is 0 Å². The molecule has 0 radical (unpaired) electrons. The predicted octanol–water partition coefficient (Wildman–Crippen LogP) is 2.41. The Morgan fingerprint density at radius 2 is 1.96 bits per heavy atom. The molecule has 2 unspecified atom stereocenters. The van der Waals surface area contributed by atoms with Crippen molar-refractivity contribution in [2.45, 2.75) is 39.1 Å². The number of alkyl carbamates (subject to hydrolysis) is 1. The number of aliphatic hydroxyl groups is 2. The maximum absolute atomic E-state index is 11.6. The number of nitrogens with one attached hydrogen (secondary N) is 1. The van der Waals surface area contributed by atoms with Gasteiger partial charge in [-0.1, -0.05) is 36.4 Å². The van der Waals surface area contributed by atoms with E-state index in [4.69, 9.17) is 4.74 Å². The third-order valence-corrected chi connectivity index (χ3v) is 3.82. The number of hydrogen-bond acceptors (Lipinski definition) is 5. The molecular weight excluding hydrogens is 320 g/mol. The van der Waals surface area contributed by atoms with Crippen LogP contribution in [0.4, 0.5) is 4.79 Å². The number of pyridine rings is 1. The maximum atomic E-state index is 11.6. The average Bonchev–Trinajstić information content (AvgIpc) is 2.60. The number of amides is 1. The maximum Gasteiger partial charge on any atom is 0.407 e. The lowest BCUT2D eigenvalue weighted by Crippen LogP contribution is -2.30. The highest BCUT2D eigenvalue weighted by atomic mass is 16.5. The van der Waals surface area contributed by atoms with E-state index < -0.39 is 18.3 Å². The van der Waals surface area contributed by atoms with Gasteiger partial charge in [0, 0.05) is 12.7 Å². The zero-order valence-electron chi connectivity index (χ0n) is 14.5. The smallest absolute Gasteiger partial charge is 0.407 e. The summed E-state index contributed by atoms with van der Waals surface area (Å²) in [5.74, 6) is 0. The zero-order valence-corrected chi connectivity index (χ0v) is 14.5. The monoisotopic (exact) mass is 344 g/mol. The molecule has 2 aromatic rings. The lowest BCUT2D eigenvalue weighted by Gasteiger charge is -2.19. The molecule has 0 spiro atoms. The number of ether oxygens (including phenoxy) is 1. The van der Waals surface area contributed by atoms with Crippen molar-refractivity contribution in [3.8, 4) is 0 Å². The van der Waals surface area contributed by atoms with Gasteiger partial charge in [-0.05, 0) is 37.0 Å². The van der Waals surface area contributed by atoms with Crippen molar-refractivity contribution in [1.82, 2.24) is 10.3 Å². The lowest BCUT2D eigenvalue weighted by atomic mass is 10.0. The second-order valence-corrected chi connectivity index (χ2v) is 6.00. The van der Waals surface area contributed by atoms with E-state index >= 15 is 0 Å². The highest BCUT2D eigenvalue weighted by Gasteiger charge is 2.21. The molecule has 25 heavy (non-hydrogen) atoms. The molecule has 0 aliphatic carbocycles. The fraction of sp³-hybridized carbons (Fsp3) is 0.368. The van der Waals surface area contributed by atoms with E-state index in [1.807, 2.05) is 50.2 Å². The van der Waals surface area contributed by atoms with Crippen molar-refractivity contribution in [3.63, 3.8) is 0 Å². The Kier molecular flexibility index (Phi) is 6.91. The summed E-state index contributed by atoms with van der Waals surface area (Å²) in [5.41, 5.74) is 3.16. The van der Waals surface area contributed by atoms with E-state index in [9.17, 15) is 15.0 Å². The third kappa shape index (κ3) is 5.85. The molecule has 2 atom stereocenters. The Morgan fingerprint density at radius 1 is 1.24 bits per heavy atom. The van der Waals surface area contributed by atoms with E-state index in [0.717, 1.165) is 16.7 Å². The standard InChI is InChI=1S/C19H24N2O4/c1-13-10-14(2)17(21-11-13)18(23)16(22)8-9-20-19(24)25-12-15-6-4-3-5-7-15/h3-7,10-11,16,18,22-23H,8-9,12H2,1-2H3,(H,20,24). The molecule has 1 amide bonds. The number of benzene rings is 1. The number of hydrogen-bond donors (Lipinski definition) is 3. The average molecular weight is 344 g/mol. The lowest BCUT2D eigenvalue weighted by molar-refractivity contribution is 0.0107. The number of carbonyl (C=O) groups excluding carboxylic acids is 1. The van der Waals surface area contributed by atoms with Gasteiger partial charge in [-0.2, -0.15) is 0 Å². The second kappa shape index (κ2) is 9.15. The van der Waals surface area contributed by atoms with E-state index in [-0.39, 0.29) is 19.6 Å². The van der Waals surface area contributed by atoms with Crippen LogP contribution < -0.4 is 5.32 Å². The van der Waals surface area contributed by atoms with Crippen molar-refractivity contribution in [1.29, 1.82) is 0 Å². The van der Waals surface area contributed by atoms with Crippen LogP contribution in [0, 0.1) is 13.8 Å². The SMILES string of the molecule is Cc1cnc(C(O)C(O)CCNC(=O)OCc2ccccc2)c(C)c1. The number of aromatic nitrogens is 1. The van der Waals surface area contributed by atoms with Crippen LogP contribution in [0.25, 0.3) is 0 Å². The minimum Gasteiger partial charge on any atom is -0.445 e. The highest BCUT2D eigenvalue weighted by Crippen LogP contribution is 2.20. The Labute approximate surface area is 147 Å². The zero-order chi connectivity index (χ0) is 18.2. The summed E-state index contributed by atoms with van der Waals surface area (Å²) < 4.78 is 5.08. The Bertz CT molecular complexity index is 691. The van der Waals surface area contributed by atoms with Crippen LogP contribution in [-0.2, 0) is 11.3 Å². The molecule has 134 valence electrons. The summed E-state index contributed by atoms with van der Waals surface area (Å²) in [7, 11) is 0. The molecule has 0 saturated carbocycles. The molecule has 1 aromatic heterocycles.